The highest BCUT2D eigenvalue weighted by atomic mass is 32.1. The molecule has 1 aliphatic heterocycles. The third kappa shape index (κ3) is 3.25. The van der Waals surface area contributed by atoms with Gasteiger partial charge in [0.05, 0.1) is 5.56 Å². The number of anilines is 1. The average Bonchev–Trinajstić information content (AvgIpc) is 3.17. The van der Waals surface area contributed by atoms with E-state index in [1.807, 2.05) is 47.4 Å². The van der Waals surface area contributed by atoms with Gasteiger partial charge >= 0.3 is 0 Å². The molecule has 0 radical (unpaired) electrons. The van der Waals surface area contributed by atoms with Crippen molar-refractivity contribution in [1.82, 2.24) is 4.90 Å². The summed E-state index contributed by atoms with van der Waals surface area (Å²) >= 11 is 1.79. The Labute approximate surface area is 158 Å². The van der Waals surface area contributed by atoms with E-state index in [0.717, 1.165) is 24.1 Å². The van der Waals surface area contributed by atoms with Crippen LogP contribution in [0.1, 0.15) is 38.8 Å². The maximum atomic E-state index is 13.2. The minimum atomic E-state index is -0.105. The lowest BCUT2D eigenvalue weighted by Crippen LogP contribution is -2.43. The van der Waals surface area contributed by atoms with Crippen molar-refractivity contribution in [3.8, 4) is 0 Å². The van der Waals surface area contributed by atoms with Crippen molar-refractivity contribution >= 4 is 22.9 Å². The lowest BCUT2D eigenvalue weighted by Gasteiger charge is -2.37. The molecule has 132 valence electrons. The van der Waals surface area contributed by atoms with Crippen molar-refractivity contribution in [2.24, 2.45) is 0 Å². The number of hydrogen-bond donors (Lipinski definition) is 1. The van der Waals surface area contributed by atoms with E-state index in [-0.39, 0.29) is 12.1 Å². The lowest BCUT2D eigenvalue weighted by atomic mass is 10.1. The summed E-state index contributed by atoms with van der Waals surface area (Å²) in [7, 11) is 0. The van der Waals surface area contributed by atoms with Crippen LogP contribution in [0.2, 0.25) is 0 Å². The molecule has 0 saturated carbocycles. The topological polar surface area (TPSA) is 32.3 Å². The highest BCUT2D eigenvalue weighted by molar-refractivity contribution is 7.12. The monoisotopic (exact) mass is 362 g/mol. The van der Waals surface area contributed by atoms with Crippen LogP contribution in [-0.2, 0) is 12.8 Å². The van der Waals surface area contributed by atoms with Gasteiger partial charge in [0.15, 0.2) is 0 Å². The molecule has 0 spiro atoms. The molecule has 1 unspecified atom stereocenters. The van der Waals surface area contributed by atoms with Crippen molar-refractivity contribution in [1.29, 1.82) is 0 Å². The van der Waals surface area contributed by atoms with E-state index in [1.54, 1.807) is 11.3 Å². The maximum Gasteiger partial charge on any atom is 0.257 e. The third-order valence-electron chi connectivity index (χ3n) is 4.81. The normalized spacial score (nSPS) is 16.3. The number of carbonyl (C=O) groups is 1. The van der Waals surface area contributed by atoms with Crippen LogP contribution in [0, 0.1) is 0 Å². The summed E-state index contributed by atoms with van der Waals surface area (Å²) in [6.07, 6.45) is 1.76. The van der Waals surface area contributed by atoms with E-state index in [2.05, 4.69) is 36.5 Å². The van der Waals surface area contributed by atoms with E-state index in [4.69, 9.17) is 0 Å². The van der Waals surface area contributed by atoms with Gasteiger partial charge in [-0.05, 0) is 42.7 Å². The van der Waals surface area contributed by atoms with Crippen LogP contribution >= 0.6 is 11.3 Å². The molecule has 0 aliphatic carbocycles. The number of amides is 1. The molecule has 1 aromatic heterocycles. The van der Waals surface area contributed by atoms with Gasteiger partial charge in [-0.1, -0.05) is 49.4 Å². The van der Waals surface area contributed by atoms with Gasteiger partial charge in [-0.2, -0.15) is 0 Å². The van der Waals surface area contributed by atoms with Crippen molar-refractivity contribution in [3.05, 3.63) is 87.6 Å². The van der Waals surface area contributed by atoms with Gasteiger partial charge in [0.1, 0.15) is 6.17 Å². The summed E-state index contributed by atoms with van der Waals surface area (Å²) in [5.74, 6) is 0.103. The largest absolute Gasteiger partial charge is 0.360 e. The molecule has 4 heteroatoms. The van der Waals surface area contributed by atoms with Crippen LogP contribution in [0.3, 0.4) is 0 Å². The van der Waals surface area contributed by atoms with Crippen LogP contribution in [-0.4, -0.2) is 17.4 Å². The fourth-order valence-electron chi connectivity index (χ4n) is 3.37. The number of rotatable bonds is 5. The van der Waals surface area contributed by atoms with Gasteiger partial charge in [0.25, 0.3) is 5.91 Å². The number of nitrogens with zero attached hydrogens (tertiary/aromatic N) is 1. The van der Waals surface area contributed by atoms with Crippen molar-refractivity contribution in [2.45, 2.75) is 25.9 Å². The van der Waals surface area contributed by atoms with Crippen molar-refractivity contribution in [2.75, 3.05) is 11.9 Å². The van der Waals surface area contributed by atoms with Crippen molar-refractivity contribution < 1.29 is 4.79 Å². The number of para-hydroxylation sites is 1. The van der Waals surface area contributed by atoms with Gasteiger partial charge in [-0.25, -0.2) is 0 Å². The Kier molecular flexibility index (Phi) is 4.76. The Bertz CT molecular complexity index is 903. The summed E-state index contributed by atoms with van der Waals surface area (Å²) in [5.41, 5.74) is 2.92. The quantitative estimate of drug-likeness (QED) is 0.683. The Balaban J connectivity index is 1.65. The molecule has 1 amide bonds. The number of fused-ring (bicyclic) bond motifs is 1. The molecule has 2 heterocycles. The predicted molar refractivity (Wildman–Crippen MR) is 108 cm³/mol. The molecule has 2 aromatic carbocycles. The zero-order valence-electron chi connectivity index (χ0n) is 14.8. The zero-order chi connectivity index (χ0) is 17.9. The number of aryl methyl sites for hydroxylation is 1. The lowest BCUT2D eigenvalue weighted by molar-refractivity contribution is 0.0688. The van der Waals surface area contributed by atoms with Crippen LogP contribution in [0.4, 0.5) is 5.69 Å². The van der Waals surface area contributed by atoms with E-state index >= 15 is 0 Å². The van der Waals surface area contributed by atoms with E-state index in [1.165, 1.54) is 15.3 Å². The van der Waals surface area contributed by atoms with Gasteiger partial charge in [-0.3, -0.25) is 4.79 Å². The van der Waals surface area contributed by atoms with Gasteiger partial charge in [0, 0.05) is 22.0 Å². The fraction of sp³-hybridized carbons (Fsp3) is 0.227. The molecule has 1 aliphatic rings. The Morgan fingerprint density at radius 3 is 2.54 bits per heavy atom. The van der Waals surface area contributed by atoms with Crippen LogP contribution in [0.15, 0.2) is 66.7 Å². The van der Waals surface area contributed by atoms with Crippen LogP contribution in [0.5, 0.6) is 0 Å². The summed E-state index contributed by atoms with van der Waals surface area (Å²) in [6.45, 7) is 2.85. The minimum absolute atomic E-state index is 0.103. The predicted octanol–water partition coefficient (Wildman–Crippen LogP) is 5.12. The Morgan fingerprint density at radius 1 is 1.00 bits per heavy atom. The molecular formula is C22H22N2OS. The first-order valence-electron chi connectivity index (χ1n) is 9.05. The SMILES string of the molecule is CCc1ccc(C2Nc3ccccc3C(=O)N2CCc2ccccc2)s1. The molecule has 0 fully saturated rings. The van der Waals surface area contributed by atoms with E-state index in [9.17, 15) is 4.79 Å². The summed E-state index contributed by atoms with van der Waals surface area (Å²) in [6, 6.07) is 22.5. The second-order valence-corrected chi connectivity index (χ2v) is 7.68. The number of benzene rings is 2. The second kappa shape index (κ2) is 7.34. The van der Waals surface area contributed by atoms with E-state index in [0.29, 0.717) is 6.54 Å². The molecule has 0 saturated heterocycles. The van der Waals surface area contributed by atoms with Crippen LogP contribution < -0.4 is 5.32 Å². The van der Waals surface area contributed by atoms with Gasteiger partial charge < -0.3 is 10.2 Å². The fourth-order valence-corrected chi connectivity index (χ4v) is 4.39. The van der Waals surface area contributed by atoms with Crippen molar-refractivity contribution in [3.63, 3.8) is 0 Å². The first-order valence-corrected chi connectivity index (χ1v) is 9.87. The summed E-state index contributed by atoms with van der Waals surface area (Å²) < 4.78 is 0. The molecule has 1 atom stereocenters. The van der Waals surface area contributed by atoms with Gasteiger partial charge in [0.2, 0.25) is 0 Å². The number of thiophene rings is 1. The van der Waals surface area contributed by atoms with Crippen LogP contribution in [0.25, 0.3) is 0 Å². The molecule has 26 heavy (non-hydrogen) atoms. The Hall–Kier alpha value is -2.59. The second-order valence-electron chi connectivity index (χ2n) is 6.48. The highest BCUT2D eigenvalue weighted by Gasteiger charge is 2.33. The average molecular weight is 362 g/mol. The first kappa shape index (κ1) is 16.9. The minimum Gasteiger partial charge on any atom is -0.360 e. The number of nitrogens with one attached hydrogen (secondary N) is 1. The number of hydrogen-bond acceptors (Lipinski definition) is 3. The molecule has 3 aromatic rings. The van der Waals surface area contributed by atoms with Gasteiger partial charge in [-0.15, -0.1) is 11.3 Å². The summed E-state index contributed by atoms with van der Waals surface area (Å²) in [5, 5.41) is 3.58. The Morgan fingerprint density at radius 2 is 1.77 bits per heavy atom. The smallest absolute Gasteiger partial charge is 0.257 e. The van der Waals surface area contributed by atoms with E-state index < -0.39 is 0 Å². The highest BCUT2D eigenvalue weighted by Crippen LogP contribution is 2.36. The maximum absolute atomic E-state index is 13.2. The summed E-state index contributed by atoms with van der Waals surface area (Å²) in [4.78, 5) is 17.7. The molecule has 0 bridgehead atoms. The standard InChI is InChI=1S/C22H22N2OS/c1-2-17-12-13-20(26-17)21-23-19-11-7-6-10-18(19)22(25)24(21)15-14-16-8-4-3-5-9-16/h3-13,21,23H,2,14-15H2,1H3. The number of carbonyl (C=O) groups excluding carboxylic acids is 1. The third-order valence-corrected chi connectivity index (χ3v) is 6.09. The molecular weight excluding hydrogens is 340 g/mol. The first-order chi connectivity index (χ1) is 12.8. The molecule has 1 N–H and O–H groups in total. The molecule has 4 rings (SSSR count). The molecule has 3 nitrogen and oxygen atoms in total. The zero-order valence-corrected chi connectivity index (χ0v) is 15.6.